The van der Waals surface area contributed by atoms with E-state index in [4.69, 9.17) is 4.74 Å². The first-order valence-electron chi connectivity index (χ1n) is 10.4. The lowest BCUT2D eigenvalue weighted by molar-refractivity contribution is 0.0946. The van der Waals surface area contributed by atoms with Gasteiger partial charge in [0.25, 0.3) is 5.91 Å². The Morgan fingerprint density at radius 1 is 1.13 bits per heavy atom. The third-order valence-corrected chi connectivity index (χ3v) is 7.37. The van der Waals surface area contributed by atoms with Crippen molar-refractivity contribution in [1.29, 1.82) is 0 Å². The number of amides is 1. The second-order valence-corrected chi connectivity index (χ2v) is 9.92. The molecule has 1 aliphatic heterocycles. The first kappa shape index (κ1) is 22.3. The molecule has 3 rings (SSSR count). The molecule has 1 heterocycles. The monoisotopic (exact) mass is 430 g/mol. The van der Waals surface area contributed by atoms with Crippen molar-refractivity contribution in [2.45, 2.75) is 38.5 Å². The molecule has 1 N–H and O–H groups in total. The van der Waals surface area contributed by atoms with Gasteiger partial charge in [0.2, 0.25) is 10.0 Å². The highest BCUT2D eigenvalue weighted by Gasteiger charge is 2.28. The molecule has 6 nitrogen and oxygen atoms in total. The lowest BCUT2D eigenvalue weighted by Gasteiger charge is -2.29. The smallest absolute Gasteiger partial charge is 0.251 e. The molecule has 1 saturated heterocycles. The molecule has 1 aliphatic rings. The summed E-state index contributed by atoms with van der Waals surface area (Å²) in [6.07, 6.45) is 1.72. The number of carbonyl (C=O) groups is 1. The van der Waals surface area contributed by atoms with Gasteiger partial charge in [-0.25, -0.2) is 8.42 Å². The number of piperidine rings is 1. The summed E-state index contributed by atoms with van der Waals surface area (Å²) in [5.74, 6) is 0.992. The molecule has 7 heteroatoms. The second-order valence-electron chi connectivity index (χ2n) is 7.98. The van der Waals surface area contributed by atoms with Crippen LogP contribution in [0.15, 0.2) is 47.4 Å². The molecule has 0 atom stereocenters. The minimum Gasteiger partial charge on any atom is -0.492 e. The Labute approximate surface area is 179 Å². The summed E-state index contributed by atoms with van der Waals surface area (Å²) in [7, 11) is -3.59. The summed E-state index contributed by atoms with van der Waals surface area (Å²) in [5, 5.41) is 2.82. The standard InChI is InChI=1S/C23H30N2O4S/c1-17-9-12-25(13-10-17)30(27,28)21-8-7-19(3)22(16-21)23(26)24-11-14-29-20-6-4-5-18(2)15-20/h4-8,15-17H,9-14H2,1-3H3,(H,24,26). The number of aryl methyl sites for hydroxylation is 2. The SMILES string of the molecule is Cc1cccc(OCCNC(=O)c2cc(S(=O)(=O)N3CCC(C)CC3)ccc2C)c1. The van der Waals surface area contributed by atoms with Crippen LogP contribution in [0.5, 0.6) is 5.75 Å². The molecule has 1 fully saturated rings. The number of benzene rings is 2. The number of ether oxygens (including phenoxy) is 1. The molecule has 0 aromatic heterocycles. The molecule has 1 amide bonds. The second kappa shape index (κ2) is 9.62. The van der Waals surface area contributed by atoms with Gasteiger partial charge in [0, 0.05) is 18.7 Å². The van der Waals surface area contributed by atoms with E-state index in [-0.39, 0.29) is 10.8 Å². The van der Waals surface area contributed by atoms with Gasteiger partial charge in [-0.3, -0.25) is 4.79 Å². The highest BCUT2D eigenvalue weighted by molar-refractivity contribution is 7.89. The van der Waals surface area contributed by atoms with Gasteiger partial charge >= 0.3 is 0 Å². The number of nitrogens with one attached hydrogen (secondary N) is 1. The molecule has 0 radical (unpaired) electrons. The van der Waals surface area contributed by atoms with Crippen LogP contribution in [-0.4, -0.2) is 44.9 Å². The highest BCUT2D eigenvalue weighted by Crippen LogP contribution is 2.25. The molecule has 0 unspecified atom stereocenters. The fourth-order valence-corrected chi connectivity index (χ4v) is 5.01. The Morgan fingerprint density at radius 3 is 2.57 bits per heavy atom. The van der Waals surface area contributed by atoms with E-state index in [1.807, 2.05) is 31.2 Å². The van der Waals surface area contributed by atoms with Crippen LogP contribution in [-0.2, 0) is 10.0 Å². The first-order valence-corrected chi connectivity index (χ1v) is 11.8. The Kier molecular flexibility index (Phi) is 7.15. The predicted molar refractivity (Wildman–Crippen MR) is 117 cm³/mol. The van der Waals surface area contributed by atoms with Crippen LogP contribution in [0, 0.1) is 19.8 Å². The van der Waals surface area contributed by atoms with Crippen LogP contribution >= 0.6 is 0 Å². The minimum atomic E-state index is -3.59. The predicted octanol–water partition coefficient (Wildman–Crippen LogP) is 3.53. The van der Waals surface area contributed by atoms with Gasteiger partial charge in [-0.15, -0.1) is 0 Å². The number of carbonyl (C=O) groups excluding carboxylic acids is 1. The maximum atomic E-state index is 13.0. The van der Waals surface area contributed by atoms with E-state index in [9.17, 15) is 13.2 Å². The quantitative estimate of drug-likeness (QED) is 0.682. The van der Waals surface area contributed by atoms with E-state index in [1.54, 1.807) is 19.1 Å². The van der Waals surface area contributed by atoms with Crippen molar-refractivity contribution in [3.63, 3.8) is 0 Å². The summed E-state index contributed by atoms with van der Waals surface area (Å²) in [5.41, 5.74) is 2.21. The van der Waals surface area contributed by atoms with Gasteiger partial charge in [-0.2, -0.15) is 4.31 Å². The Balaban J connectivity index is 1.63. The maximum Gasteiger partial charge on any atom is 0.251 e. The molecule has 0 aliphatic carbocycles. The van der Waals surface area contributed by atoms with Crippen molar-refractivity contribution < 1.29 is 17.9 Å². The molecule has 2 aromatic carbocycles. The van der Waals surface area contributed by atoms with E-state index in [1.165, 1.54) is 10.4 Å². The molecule has 162 valence electrons. The van der Waals surface area contributed by atoms with Crippen molar-refractivity contribution in [2.24, 2.45) is 5.92 Å². The topological polar surface area (TPSA) is 75.7 Å². The summed E-state index contributed by atoms with van der Waals surface area (Å²) in [6.45, 7) is 7.64. The van der Waals surface area contributed by atoms with Gasteiger partial charge in [-0.1, -0.05) is 25.1 Å². The van der Waals surface area contributed by atoms with Crippen molar-refractivity contribution in [3.8, 4) is 5.75 Å². The summed E-state index contributed by atoms with van der Waals surface area (Å²) >= 11 is 0. The lowest BCUT2D eigenvalue weighted by atomic mass is 10.0. The van der Waals surface area contributed by atoms with Crippen molar-refractivity contribution in [3.05, 3.63) is 59.2 Å². The number of rotatable bonds is 7. The van der Waals surface area contributed by atoms with Gasteiger partial charge in [0.05, 0.1) is 11.4 Å². The average Bonchev–Trinajstić information content (AvgIpc) is 2.71. The number of nitrogens with zero attached hydrogens (tertiary/aromatic N) is 1. The van der Waals surface area contributed by atoms with Crippen molar-refractivity contribution in [1.82, 2.24) is 9.62 Å². The maximum absolute atomic E-state index is 13.0. The molecular weight excluding hydrogens is 400 g/mol. The van der Waals surface area contributed by atoms with E-state index < -0.39 is 10.0 Å². The van der Waals surface area contributed by atoms with Gasteiger partial charge in [0.1, 0.15) is 12.4 Å². The molecule has 0 bridgehead atoms. The Morgan fingerprint density at radius 2 is 1.87 bits per heavy atom. The van der Waals surface area contributed by atoms with Gasteiger partial charge < -0.3 is 10.1 Å². The third kappa shape index (κ3) is 5.40. The Hall–Kier alpha value is -2.38. The summed E-state index contributed by atoms with van der Waals surface area (Å²) in [4.78, 5) is 12.8. The van der Waals surface area contributed by atoms with E-state index in [2.05, 4.69) is 12.2 Å². The van der Waals surface area contributed by atoms with Crippen LogP contribution in [0.2, 0.25) is 0 Å². The summed E-state index contributed by atoms with van der Waals surface area (Å²) in [6, 6.07) is 12.5. The lowest BCUT2D eigenvalue weighted by Crippen LogP contribution is -2.38. The van der Waals surface area contributed by atoms with Crippen molar-refractivity contribution >= 4 is 15.9 Å². The number of hydrogen-bond donors (Lipinski definition) is 1. The Bertz CT molecular complexity index is 996. The molecule has 0 saturated carbocycles. The fraction of sp³-hybridized carbons (Fsp3) is 0.435. The normalized spacial score (nSPS) is 15.7. The molecule has 0 spiro atoms. The highest BCUT2D eigenvalue weighted by atomic mass is 32.2. The third-order valence-electron chi connectivity index (χ3n) is 5.48. The zero-order chi connectivity index (χ0) is 21.7. The van der Waals surface area contributed by atoms with E-state index in [0.29, 0.717) is 37.7 Å². The minimum absolute atomic E-state index is 0.170. The van der Waals surface area contributed by atoms with Gasteiger partial charge in [-0.05, 0) is 68.0 Å². The number of hydrogen-bond acceptors (Lipinski definition) is 4. The molecule has 30 heavy (non-hydrogen) atoms. The number of sulfonamides is 1. The van der Waals surface area contributed by atoms with Crippen LogP contribution in [0.25, 0.3) is 0 Å². The van der Waals surface area contributed by atoms with Gasteiger partial charge in [0.15, 0.2) is 0 Å². The largest absolute Gasteiger partial charge is 0.492 e. The molecular formula is C23H30N2O4S. The van der Waals surface area contributed by atoms with Crippen LogP contribution < -0.4 is 10.1 Å². The fourth-order valence-electron chi connectivity index (χ4n) is 3.51. The van der Waals surface area contributed by atoms with E-state index in [0.717, 1.165) is 29.7 Å². The van der Waals surface area contributed by atoms with Crippen molar-refractivity contribution in [2.75, 3.05) is 26.2 Å². The van der Waals surface area contributed by atoms with Crippen LogP contribution in [0.4, 0.5) is 0 Å². The van der Waals surface area contributed by atoms with E-state index >= 15 is 0 Å². The molecule has 2 aromatic rings. The zero-order valence-electron chi connectivity index (χ0n) is 17.8. The zero-order valence-corrected chi connectivity index (χ0v) is 18.7. The first-order chi connectivity index (χ1) is 14.3. The average molecular weight is 431 g/mol. The van der Waals surface area contributed by atoms with Crippen LogP contribution in [0.1, 0.15) is 41.3 Å². The van der Waals surface area contributed by atoms with Crippen LogP contribution in [0.3, 0.4) is 0 Å². The summed E-state index contributed by atoms with van der Waals surface area (Å²) < 4.78 is 33.2.